The van der Waals surface area contributed by atoms with Gasteiger partial charge in [0.1, 0.15) is 11.3 Å². The Morgan fingerprint density at radius 1 is 1.17 bits per heavy atom. The van der Waals surface area contributed by atoms with E-state index in [-0.39, 0.29) is 0 Å². The molecule has 118 valence electrons. The summed E-state index contributed by atoms with van der Waals surface area (Å²) in [6.45, 7) is 0. The Hall–Kier alpha value is -2.61. The molecule has 0 spiro atoms. The summed E-state index contributed by atoms with van der Waals surface area (Å²) in [6.07, 6.45) is 1.34. The van der Waals surface area contributed by atoms with Gasteiger partial charge < -0.3 is 5.32 Å². The molecule has 0 bridgehead atoms. The van der Waals surface area contributed by atoms with Crippen LogP contribution in [0.25, 0.3) is 5.69 Å². The summed E-state index contributed by atoms with van der Waals surface area (Å²) in [5.74, 6) is 0.380. The lowest BCUT2D eigenvalue weighted by Crippen LogP contribution is -2.06. The molecule has 0 saturated carbocycles. The van der Waals surface area contributed by atoms with Crippen LogP contribution in [0.1, 0.15) is 5.56 Å². The maximum absolute atomic E-state index is 12.7. The molecule has 0 aliphatic carbocycles. The number of anilines is 2. The van der Waals surface area contributed by atoms with Crippen molar-refractivity contribution >= 4 is 23.1 Å². The average molecular weight is 340 g/mol. The number of alkyl halides is 3. The van der Waals surface area contributed by atoms with E-state index in [2.05, 4.69) is 20.4 Å². The fourth-order valence-electron chi connectivity index (χ4n) is 1.89. The lowest BCUT2D eigenvalue weighted by molar-refractivity contribution is -0.137. The molecule has 2 aromatic heterocycles. The Morgan fingerprint density at radius 3 is 2.74 bits per heavy atom. The summed E-state index contributed by atoms with van der Waals surface area (Å²) in [4.78, 5) is 7.72. The molecule has 0 aliphatic heterocycles. The van der Waals surface area contributed by atoms with E-state index in [4.69, 9.17) is 11.6 Å². The maximum Gasteiger partial charge on any atom is 0.416 e. The van der Waals surface area contributed by atoms with Gasteiger partial charge in [0, 0.05) is 0 Å². The van der Waals surface area contributed by atoms with E-state index in [1.54, 1.807) is 0 Å². The van der Waals surface area contributed by atoms with E-state index in [1.165, 1.54) is 41.7 Å². The third-order valence-electron chi connectivity index (χ3n) is 2.95. The van der Waals surface area contributed by atoms with Crippen LogP contribution in [0.5, 0.6) is 0 Å². The highest BCUT2D eigenvalue weighted by atomic mass is 35.5. The summed E-state index contributed by atoms with van der Waals surface area (Å²) in [5.41, 5.74) is 0.0866. The summed E-state index contributed by atoms with van der Waals surface area (Å²) >= 11 is 5.93. The molecule has 0 atom stereocenters. The monoisotopic (exact) mass is 339 g/mol. The van der Waals surface area contributed by atoms with Gasteiger partial charge in [-0.25, -0.2) is 14.6 Å². The van der Waals surface area contributed by atoms with Gasteiger partial charge in [-0.05, 0) is 18.2 Å². The zero-order valence-corrected chi connectivity index (χ0v) is 12.2. The van der Waals surface area contributed by atoms with Gasteiger partial charge in [0.2, 0.25) is 0 Å². The van der Waals surface area contributed by atoms with Crippen LogP contribution >= 0.6 is 11.6 Å². The number of nitrogens with zero attached hydrogens (tertiary/aromatic N) is 4. The van der Waals surface area contributed by atoms with Gasteiger partial charge in [0.25, 0.3) is 0 Å². The van der Waals surface area contributed by atoms with Crippen molar-refractivity contribution in [1.82, 2.24) is 19.7 Å². The molecule has 5 nitrogen and oxygen atoms in total. The van der Waals surface area contributed by atoms with Crippen LogP contribution in [0.15, 0.2) is 49.2 Å². The van der Waals surface area contributed by atoms with Crippen LogP contribution < -0.4 is 5.32 Å². The van der Waals surface area contributed by atoms with E-state index in [0.717, 1.165) is 12.1 Å². The van der Waals surface area contributed by atoms with Crippen molar-refractivity contribution in [2.45, 2.75) is 6.18 Å². The molecular weight excluding hydrogens is 331 g/mol. The lowest BCUT2D eigenvalue weighted by atomic mass is 10.2. The van der Waals surface area contributed by atoms with Crippen molar-refractivity contribution in [2.24, 2.45) is 0 Å². The fraction of sp³-hybridized carbons (Fsp3) is 0.0714. The number of halogens is 4. The molecule has 0 fully saturated rings. The van der Waals surface area contributed by atoms with Gasteiger partial charge >= 0.3 is 6.18 Å². The molecule has 0 unspecified atom stereocenters. The second-order valence-corrected chi connectivity index (χ2v) is 4.97. The lowest BCUT2D eigenvalue weighted by Gasteiger charge is -2.08. The van der Waals surface area contributed by atoms with E-state index in [0.29, 0.717) is 22.2 Å². The first kappa shape index (κ1) is 15.3. The first-order chi connectivity index (χ1) is 10.9. The highest BCUT2D eigenvalue weighted by Gasteiger charge is 2.30. The normalized spacial score (nSPS) is 11.5. The van der Waals surface area contributed by atoms with Crippen molar-refractivity contribution in [2.75, 3.05) is 5.32 Å². The van der Waals surface area contributed by atoms with Crippen molar-refractivity contribution < 1.29 is 13.2 Å². The summed E-state index contributed by atoms with van der Waals surface area (Å²) in [7, 11) is 0. The molecule has 1 aromatic carbocycles. The Labute approximate surface area is 133 Å². The van der Waals surface area contributed by atoms with Crippen LogP contribution in [-0.4, -0.2) is 19.7 Å². The van der Waals surface area contributed by atoms with Crippen molar-refractivity contribution in [1.29, 1.82) is 0 Å². The van der Waals surface area contributed by atoms with Crippen molar-refractivity contribution in [3.8, 4) is 5.69 Å². The summed E-state index contributed by atoms with van der Waals surface area (Å²) in [6, 6.07) is 4.89. The molecule has 0 radical (unpaired) electrons. The minimum atomic E-state index is -4.40. The largest absolute Gasteiger partial charge is 0.416 e. The zero-order chi connectivity index (χ0) is 16.4. The Balaban J connectivity index is 1.86. The third-order valence-corrected chi connectivity index (χ3v) is 3.23. The number of hydrogen-bond donors (Lipinski definition) is 1. The number of hydrogen-bond acceptors (Lipinski definition) is 4. The molecule has 3 aromatic rings. The second-order valence-electron chi connectivity index (χ2n) is 4.57. The molecule has 9 heteroatoms. The van der Waals surface area contributed by atoms with Crippen LogP contribution in [0.2, 0.25) is 5.02 Å². The Kier molecular flexibility index (Phi) is 3.91. The topological polar surface area (TPSA) is 55.6 Å². The fourth-order valence-corrected chi connectivity index (χ4v) is 2.05. The predicted molar refractivity (Wildman–Crippen MR) is 78.9 cm³/mol. The highest BCUT2D eigenvalue weighted by Crippen LogP contribution is 2.30. The third kappa shape index (κ3) is 3.42. The van der Waals surface area contributed by atoms with E-state index in [9.17, 15) is 13.2 Å². The zero-order valence-electron chi connectivity index (χ0n) is 11.4. The number of nitrogens with one attached hydrogen (secondary N) is 1. The first-order valence-electron chi connectivity index (χ1n) is 6.38. The molecule has 2 heterocycles. The van der Waals surface area contributed by atoms with Crippen molar-refractivity contribution in [3.05, 3.63) is 59.8 Å². The molecular formula is C14H9ClF3N5. The van der Waals surface area contributed by atoms with E-state index >= 15 is 0 Å². The SMILES string of the molecule is FC(F)(F)c1cccc(-n2cc(Nc3ncncc3Cl)cn2)c1. The number of aromatic nitrogens is 4. The Morgan fingerprint density at radius 2 is 2.00 bits per heavy atom. The maximum atomic E-state index is 12.7. The minimum absolute atomic E-state index is 0.293. The molecule has 0 amide bonds. The number of rotatable bonds is 3. The molecule has 0 aliphatic rings. The average Bonchev–Trinajstić information content (AvgIpc) is 2.98. The smallest absolute Gasteiger partial charge is 0.336 e. The van der Waals surface area contributed by atoms with Crippen LogP contribution in [0, 0.1) is 0 Å². The summed E-state index contributed by atoms with van der Waals surface area (Å²) in [5, 5.41) is 7.27. The van der Waals surface area contributed by atoms with E-state index < -0.39 is 11.7 Å². The molecule has 0 saturated heterocycles. The van der Waals surface area contributed by atoms with Gasteiger partial charge in [-0.15, -0.1) is 0 Å². The van der Waals surface area contributed by atoms with Gasteiger partial charge in [-0.2, -0.15) is 18.3 Å². The Bertz CT molecular complexity index is 831. The van der Waals surface area contributed by atoms with Gasteiger partial charge in [0.15, 0.2) is 5.82 Å². The quantitative estimate of drug-likeness (QED) is 0.781. The van der Waals surface area contributed by atoms with E-state index in [1.807, 2.05) is 0 Å². The van der Waals surface area contributed by atoms with Crippen LogP contribution in [0.4, 0.5) is 24.7 Å². The van der Waals surface area contributed by atoms with Crippen LogP contribution in [-0.2, 0) is 6.18 Å². The molecule has 1 N–H and O–H groups in total. The standard InChI is InChI=1S/C14H9ClF3N5/c15-12-6-19-8-20-13(12)22-10-5-21-23(7-10)11-3-1-2-9(4-11)14(16,17)18/h1-8H,(H,19,20,22). The minimum Gasteiger partial charge on any atom is -0.336 e. The van der Waals surface area contributed by atoms with Gasteiger partial charge in [0.05, 0.1) is 35.5 Å². The van der Waals surface area contributed by atoms with Crippen LogP contribution in [0.3, 0.4) is 0 Å². The number of benzene rings is 1. The summed E-state index contributed by atoms with van der Waals surface area (Å²) < 4.78 is 39.6. The molecule has 23 heavy (non-hydrogen) atoms. The predicted octanol–water partition coefficient (Wildman–Crippen LogP) is 4.08. The molecule has 3 rings (SSSR count). The van der Waals surface area contributed by atoms with Crippen molar-refractivity contribution in [3.63, 3.8) is 0 Å². The first-order valence-corrected chi connectivity index (χ1v) is 6.76. The van der Waals surface area contributed by atoms with Gasteiger partial charge in [-0.3, -0.25) is 0 Å². The highest BCUT2D eigenvalue weighted by molar-refractivity contribution is 6.32. The second kappa shape index (κ2) is 5.88. The van der Waals surface area contributed by atoms with Gasteiger partial charge in [-0.1, -0.05) is 17.7 Å².